The second-order valence-electron chi connectivity index (χ2n) is 7.17. The summed E-state index contributed by atoms with van der Waals surface area (Å²) in [6.45, 7) is 12.5. The molecular formula is C16H27BF4N2O2. The monoisotopic (exact) mass is 366 g/mol. The van der Waals surface area contributed by atoms with Gasteiger partial charge in [-0.1, -0.05) is 19.4 Å². The second-order valence-corrected chi connectivity index (χ2v) is 7.17. The molecule has 0 aromatic rings. The molecule has 0 aromatic heterocycles. The first kappa shape index (κ1) is 21.5. The largest absolute Gasteiger partial charge is 0.673 e. The molecule has 0 N–H and O–H groups in total. The molecule has 1 amide bonds. The van der Waals surface area contributed by atoms with Gasteiger partial charge >= 0.3 is 13.3 Å². The molecule has 0 aromatic carbocycles. The highest BCUT2D eigenvalue weighted by Gasteiger charge is 2.32. The van der Waals surface area contributed by atoms with E-state index in [2.05, 4.69) is 31.4 Å². The van der Waals surface area contributed by atoms with Crippen molar-refractivity contribution in [3.05, 3.63) is 11.6 Å². The van der Waals surface area contributed by atoms with Gasteiger partial charge in [-0.05, 0) is 25.7 Å². The number of hydrogen-bond donors (Lipinski definition) is 0. The van der Waals surface area contributed by atoms with Crippen LogP contribution in [0.1, 0.15) is 40.5 Å². The van der Waals surface area contributed by atoms with Crippen LogP contribution in [0.2, 0.25) is 0 Å². The normalized spacial score (nSPS) is 20.5. The number of amides is 1. The number of hydrogen-bond acceptors (Lipinski definition) is 2. The van der Waals surface area contributed by atoms with Gasteiger partial charge in [-0.2, -0.15) is 0 Å². The molecule has 0 radical (unpaired) electrons. The molecule has 1 aliphatic carbocycles. The number of ether oxygens (including phenoxy) is 1. The Morgan fingerprint density at radius 3 is 2.20 bits per heavy atom. The van der Waals surface area contributed by atoms with Crippen molar-refractivity contribution in [3.8, 4) is 0 Å². The fraction of sp³-hybridized carbons (Fsp3) is 0.750. The van der Waals surface area contributed by atoms with Crippen LogP contribution < -0.4 is 0 Å². The van der Waals surface area contributed by atoms with Gasteiger partial charge in [-0.15, -0.1) is 0 Å². The minimum atomic E-state index is -6.00. The molecule has 1 heterocycles. The molecule has 25 heavy (non-hydrogen) atoms. The Kier molecular flexibility index (Phi) is 7.50. The van der Waals surface area contributed by atoms with Gasteiger partial charge in [-0.25, -0.2) is 9.37 Å². The molecule has 0 bridgehead atoms. The van der Waals surface area contributed by atoms with Crippen molar-refractivity contribution in [3.63, 3.8) is 0 Å². The Morgan fingerprint density at radius 2 is 1.76 bits per heavy atom. The van der Waals surface area contributed by atoms with Crippen LogP contribution in [0.25, 0.3) is 0 Å². The van der Waals surface area contributed by atoms with Crippen LogP contribution in [0.15, 0.2) is 11.6 Å². The highest BCUT2D eigenvalue weighted by molar-refractivity contribution is 6.50. The molecule has 0 atom stereocenters. The van der Waals surface area contributed by atoms with Crippen LogP contribution in [0.3, 0.4) is 0 Å². The maximum absolute atomic E-state index is 11.7. The van der Waals surface area contributed by atoms with Gasteiger partial charge in [0.25, 0.3) is 0 Å². The van der Waals surface area contributed by atoms with E-state index in [1.165, 1.54) is 17.7 Å². The molecule has 2 rings (SSSR count). The zero-order chi connectivity index (χ0) is 19.3. The summed E-state index contributed by atoms with van der Waals surface area (Å²) < 4.78 is 46.5. The van der Waals surface area contributed by atoms with E-state index in [1.54, 1.807) is 0 Å². The molecule has 0 unspecified atom stereocenters. The van der Waals surface area contributed by atoms with E-state index >= 15 is 0 Å². The first-order valence-electron chi connectivity index (χ1n) is 8.48. The third-order valence-corrected chi connectivity index (χ3v) is 4.04. The maximum atomic E-state index is 11.7. The summed E-state index contributed by atoms with van der Waals surface area (Å²) in [6, 6.07) is 0. The van der Waals surface area contributed by atoms with Crippen molar-refractivity contribution >= 4 is 19.1 Å². The van der Waals surface area contributed by atoms with E-state index in [-0.39, 0.29) is 6.09 Å². The van der Waals surface area contributed by atoms with Crippen molar-refractivity contribution in [2.24, 2.45) is 5.41 Å². The Morgan fingerprint density at radius 1 is 1.24 bits per heavy atom. The summed E-state index contributed by atoms with van der Waals surface area (Å²) in [5.41, 5.74) is 3.25. The van der Waals surface area contributed by atoms with Crippen LogP contribution in [-0.4, -0.2) is 61.3 Å². The van der Waals surface area contributed by atoms with Gasteiger partial charge in [0.1, 0.15) is 0 Å². The second kappa shape index (κ2) is 8.71. The summed E-state index contributed by atoms with van der Waals surface area (Å²) in [4.78, 5) is 13.5. The van der Waals surface area contributed by atoms with E-state index < -0.39 is 7.25 Å². The number of nitrogens with zero attached hydrogens (tertiary/aromatic N) is 2. The van der Waals surface area contributed by atoms with Crippen LogP contribution in [0, 0.1) is 5.41 Å². The predicted octanol–water partition coefficient (Wildman–Crippen LogP) is 3.98. The lowest BCUT2D eigenvalue weighted by molar-refractivity contribution is -0.539. The molecule has 4 nitrogen and oxygen atoms in total. The van der Waals surface area contributed by atoms with Gasteiger partial charge in [0.15, 0.2) is 18.8 Å². The predicted molar refractivity (Wildman–Crippen MR) is 90.6 cm³/mol. The van der Waals surface area contributed by atoms with Crippen molar-refractivity contribution in [2.45, 2.75) is 40.5 Å². The lowest BCUT2D eigenvalue weighted by Gasteiger charge is -2.30. The minimum Gasteiger partial charge on any atom is -0.450 e. The molecular weight excluding hydrogens is 339 g/mol. The van der Waals surface area contributed by atoms with Crippen molar-refractivity contribution < 1.29 is 31.4 Å². The molecule has 9 heteroatoms. The van der Waals surface area contributed by atoms with E-state index in [0.29, 0.717) is 12.0 Å². The number of carbonyl (C=O) groups excluding carboxylic acids is 1. The molecule has 2 aliphatic rings. The number of allylic oxidation sites excluding steroid dienone is 2. The topological polar surface area (TPSA) is 32.5 Å². The van der Waals surface area contributed by atoms with E-state index in [0.717, 1.165) is 32.6 Å². The third kappa shape index (κ3) is 8.40. The SMILES string of the molecule is CCOC(=O)N1CC[N+](=C2C=C(C)CC(C)(C)C2)CC1.F[B-](F)(F)F. The van der Waals surface area contributed by atoms with Crippen LogP contribution >= 0.6 is 0 Å². The Balaban J connectivity index is 0.000000550. The summed E-state index contributed by atoms with van der Waals surface area (Å²) in [7, 11) is -6.00. The highest BCUT2D eigenvalue weighted by Crippen LogP contribution is 2.33. The molecule has 144 valence electrons. The first-order chi connectivity index (χ1) is 11.4. The lowest BCUT2D eigenvalue weighted by Crippen LogP contribution is -2.47. The number of carbonyl (C=O) groups is 1. The standard InChI is InChI=1S/C16H27N2O2.BF4/c1-5-20-15(19)18-8-6-17(7-9-18)14-10-13(2)11-16(3,4)12-14;2-1(3,4)5/h10H,5-9,11-12H2,1-4H3;/q+1;-1. The van der Waals surface area contributed by atoms with Crippen LogP contribution in [0.5, 0.6) is 0 Å². The molecule has 0 saturated carbocycles. The highest BCUT2D eigenvalue weighted by atomic mass is 19.5. The zero-order valence-corrected chi connectivity index (χ0v) is 15.3. The lowest BCUT2D eigenvalue weighted by atomic mass is 9.77. The summed E-state index contributed by atoms with van der Waals surface area (Å²) >= 11 is 0. The Labute approximate surface area is 146 Å². The Hall–Kier alpha value is -1.54. The quantitative estimate of drug-likeness (QED) is 0.400. The fourth-order valence-corrected chi connectivity index (χ4v) is 3.29. The Bertz CT molecular complexity index is 529. The molecule has 1 saturated heterocycles. The fourth-order valence-electron chi connectivity index (χ4n) is 3.29. The third-order valence-electron chi connectivity index (χ3n) is 4.04. The summed E-state index contributed by atoms with van der Waals surface area (Å²) in [5.74, 6) is 0. The minimum absolute atomic E-state index is 0.173. The van der Waals surface area contributed by atoms with Crippen LogP contribution in [0.4, 0.5) is 22.1 Å². The first-order valence-corrected chi connectivity index (χ1v) is 8.48. The van der Waals surface area contributed by atoms with Gasteiger partial charge in [0.2, 0.25) is 0 Å². The molecule has 1 fully saturated rings. The number of halogens is 4. The zero-order valence-electron chi connectivity index (χ0n) is 15.3. The average molecular weight is 366 g/mol. The van der Waals surface area contributed by atoms with Crippen molar-refractivity contribution in [2.75, 3.05) is 32.8 Å². The van der Waals surface area contributed by atoms with Gasteiger partial charge in [0.05, 0.1) is 19.7 Å². The molecule has 1 aliphatic heterocycles. The number of piperazine rings is 1. The van der Waals surface area contributed by atoms with E-state index in [9.17, 15) is 22.1 Å². The average Bonchev–Trinajstić information content (AvgIpc) is 2.44. The smallest absolute Gasteiger partial charge is 0.450 e. The summed E-state index contributed by atoms with van der Waals surface area (Å²) in [6.07, 6.45) is 4.47. The summed E-state index contributed by atoms with van der Waals surface area (Å²) in [5, 5.41) is 0. The van der Waals surface area contributed by atoms with Crippen LogP contribution in [-0.2, 0) is 4.74 Å². The van der Waals surface area contributed by atoms with Gasteiger partial charge in [-0.3, -0.25) is 4.90 Å². The van der Waals surface area contributed by atoms with E-state index in [1.807, 2.05) is 11.8 Å². The maximum Gasteiger partial charge on any atom is 0.673 e. The van der Waals surface area contributed by atoms with Gasteiger partial charge < -0.3 is 22.0 Å². The van der Waals surface area contributed by atoms with Crippen molar-refractivity contribution in [1.82, 2.24) is 4.90 Å². The number of rotatable bonds is 1. The van der Waals surface area contributed by atoms with E-state index in [4.69, 9.17) is 4.74 Å². The van der Waals surface area contributed by atoms with Crippen molar-refractivity contribution in [1.29, 1.82) is 0 Å². The molecule has 0 spiro atoms. The van der Waals surface area contributed by atoms with Gasteiger partial charge in [0, 0.05) is 12.5 Å².